The molecule has 0 aromatic carbocycles. The van der Waals surface area contributed by atoms with Crippen LogP contribution in [0.2, 0.25) is 0 Å². The van der Waals surface area contributed by atoms with Crippen LogP contribution in [0.3, 0.4) is 0 Å². The molecule has 0 aromatic rings. The molecule has 0 spiro atoms. The summed E-state index contributed by atoms with van der Waals surface area (Å²) in [6.07, 6.45) is 5.26. The molecule has 19 heavy (non-hydrogen) atoms. The quantitative estimate of drug-likeness (QED) is 0.779. The molecule has 0 radical (unpaired) electrons. The minimum Gasteiger partial charge on any atom is -0.465 e. The van der Waals surface area contributed by atoms with E-state index in [4.69, 9.17) is 5.11 Å². The fourth-order valence-corrected chi connectivity index (χ4v) is 2.63. The zero-order valence-corrected chi connectivity index (χ0v) is 12.7. The Bertz CT molecular complexity index is 268. The molecule has 4 nitrogen and oxygen atoms in total. The van der Waals surface area contributed by atoms with Crippen molar-refractivity contribution in [2.75, 3.05) is 26.2 Å². The maximum atomic E-state index is 10.7. The Labute approximate surface area is 117 Å². The number of carbonyl (C=O) groups is 1. The summed E-state index contributed by atoms with van der Waals surface area (Å²) < 4.78 is 0. The molecule has 1 heterocycles. The minimum atomic E-state index is -0.903. The fraction of sp³-hybridized carbons (Fsp3) is 0.933. The number of hydrogen-bond acceptors (Lipinski definition) is 2. The maximum absolute atomic E-state index is 10.7. The molecule has 1 rings (SSSR count). The van der Waals surface area contributed by atoms with Crippen LogP contribution in [0.15, 0.2) is 0 Å². The minimum absolute atomic E-state index is 0.323. The lowest BCUT2D eigenvalue weighted by Gasteiger charge is -2.31. The predicted molar refractivity (Wildman–Crippen MR) is 78.5 cm³/mol. The van der Waals surface area contributed by atoms with E-state index in [1.165, 1.54) is 32.4 Å². The Morgan fingerprint density at radius 2 is 1.89 bits per heavy atom. The van der Waals surface area contributed by atoms with Crippen molar-refractivity contribution >= 4 is 6.09 Å². The first-order valence-electron chi connectivity index (χ1n) is 7.56. The van der Waals surface area contributed by atoms with Gasteiger partial charge in [-0.2, -0.15) is 0 Å². The van der Waals surface area contributed by atoms with Crippen LogP contribution in [0.25, 0.3) is 0 Å². The first-order chi connectivity index (χ1) is 8.87. The highest BCUT2D eigenvalue weighted by Gasteiger charge is 2.19. The van der Waals surface area contributed by atoms with E-state index < -0.39 is 6.09 Å². The molecule has 1 amide bonds. The number of carboxylic acid groups (broad SMARTS) is 1. The zero-order valence-electron chi connectivity index (χ0n) is 12.7. The summed E-state index contributed by atoms with van der Waals surface area (Å²) in [5.41, 5.74) is 0.323. The topological polar surface area (TPSA) is 52.6 Å². The van der Waals surface area contributed by atoms with Gasteiger partial charge in [-0.3, -0.25) is 0 Å². The Hall–Kier alpha value is -0.770. The van der Waals surface area contributed by atoms with E-state index in [9.17, 15) is 4.79 Å². The van der Waals surface area contributed by atoms with Crippen LogP contribution in [-0.2, 0) is 0 Å². The molecular formula is C15H30N2O2. The van der Waals surface area contributed by atoms with Crippen molar-refractivity contribution in [2.45, 2.75) is 52.9 Å². The summed E-state index contributed by atoms with van der Waals surface area (Å²) in [5.74, 6) is 0.438. The van der Waals surface area contributed by atoms with Gasteiger partial charge in [0.1, 0.15) is 0 Å². The van der Waals surface area contributed by atoms with Gasteiger partial charge in [0.15, 0.2) is 0 Å². The second kappa shape index (κ2) is 7.73. The monoisotopic (exact) mass is 270 g/mol. The summed E-state index contributed by atoms with van der Waals surface area (Å²) in [6.45, 7) is 10.7. The summed E-state index contributed by atoms with van der Waals surface area (Å²) in [4.78, 5) is 13.2. The van der Waals surface area contributed by atoms with Crippen molar-refractivity contribution in [3.8, 4) is 0 Å². The van der Waals surface area contributed by atoms with Crippen molar-refractivity contribution in [1.29, 1.82) is 0 Å². The lowest BCUT2D eigenvalue weighted by Crippen LogP contribution is -2.39. The lowest BCUT2D eigenvalue weighted by molar-refractivity contribution is 0.169. The summed E-state index contributed by atoms with van der Waals surface area (Å²) in [7, 11) is 0. The Morgan fingerprint density at radius 1 is 1.26 bits per heavy atom. The maximum Gasteiger partial charge on any atom is 0.404 e. The highest BCUT2D eigenvalue weighted by atomic mass is 16.4. The predicted octanol–water partition coefficient (Wildman–Crippen LogP) is 3.18. The number of nitrogens with zero attached hydrogens (tertiary/aromatic N) is 1. The molecule has 2 N–H and O–H groups in total. The van der Waals surface area contributed by atoms with Gasteiger partial charge in [0.2, 0.25) is 0 Å². The highest BCUT2D eigenvalue weighted by molar-refractivity contribution is 5.64. The van der Waals surface area contributed by atoms with Crippen LogP contribution in [0.1, 0.15) is 52.9 Å². The van der Waals surface area contributed by atoms with Gasteiger partial charge in [-0.1, -0.05) is 27.2 Å². The zero-order chi connectivity index (χ0) is 14.3. The van der Waals surface area contributed by atoms with Crippen molar-refractivity contribution < 1.29 is 9.90 Å². The largest absolute Gasteiger partial charge is 0.465 e. The number of piperidine rings is 1. The third kappa shape index (κ3) is 8.09. The van der Waals surface area contributed by atoms with Crippen molar-refractivity contribution in [2.24, 2.45) is 11.3 Å². The molecule has 1 atom stereocenters. The summed E-state index contributed by atoms with van der Waals surface area (Å²) >= 11 is 0. The van der Waals surface area contributed by atoms with Gasteiger partial charge >= 0.3 is 6.09 Å². The van der Waals surface area contributed by atoms with Crippen LogP contribution in [-0.4, -0.2) is 42.3 Å². The van der Waals surface area contributed by atoms with Crippen LogP contribution in [0.4, 0.5) is 4.79 Å². The first-order valence-corrected chi connectivity index (χ1v) is 7.56. The summed E-state index contributed by atoms with van der Waals surface area (Å²) in [6, 6.07) is 0. The normalized spacial score (nSPS) is 19.1. The average molecular weight is 270 g/mol. The number of amides is 1. The number of hydrogen-bond donors (Lipinski definition) is 2. The third-order valence-electron chi connectivity index (χ3n) is 3.81. The molecule has 112 valence electrons. The van der Waals surface area contributed by atoms with Crippen molar-refractivity contribution in [3.05, 3.63) is 0 Å². The van der Waals surface area contributed by atoms with Gasteiger partial charge in [-0.25, -0.2) is 4.79 Å². The van der Waals surface area contributed by atoms with E-state index in [1.54, 1.807) is 0 Å². The highest BCUT2D eigenvalue weighted by Crippen LogP contribution is 2.24. The Morgan fingerprint density at radius 3 is 2.42 bits per heavy atom. The van der Waals surface area contributed by atoms with Crippen LogP contribution in [0, 0.1) is 11.3 Å². The van der Waals surface area contributed by atoms with E-state index in [1.807, 2.05) is 0 Å². The van der Waals surface area contributed by atoms with Crippen LogP contribution < -0.4 is 5.32 Å². The molecule has 1 fully saturated rings. The SMILES string of the molecule is CC(C)(C)CC[C@@H](CNC(=O)O)CN1CCCCC1. The van der Waals surface area contributed by atoms with E-state index in [2.05, 4.69) is 31.0 Å². The second-order valence-corrected chi connectivity index (χ2v) is 7.01. The average Bonchev–Trinajstić information content (AvgIpc) is 2.33. The third-order valence-corrected chi connectivity index (χ3v) is 3.81. The van der Waals surface area contributed by atoms with E-state index >= 15 is 0 Å². The van der Waals surface area contributed by atoms with Gasteiger partial charge in [0.25, 0.3) is 0 Å². The van der Waals surface area contributed by atoms with E-state index in [-0.39, 0.29) is 0 Å². The number of likely N-dealkylation sites (tertiary alicyclic amines) is 1. The van der Waals surface area contributed by atoms with Gasteiger partial charge in [0.05, 0.1) is 0 Å². The van der Waals surface area contributed by atoms with Crippen LogP contribution in [0.5, 0.6) is 0 Å². The molecule has 1 aliphatic heterocycles. The molecule has 0 unspecified atom stereocenters. The van der Waals surface area contributed by atoms with Crippen LogP contribution >= 0.6 is 0 Å². The smallest absolute Gasteiger partial charge is 0.404 e. The lowest BCUT2D eigenvalue weighted by atomic mass is 9.86. The van der Waals surface area contributed by atoms with Gasteiger partial charge < -0.3 is 15.3 Å². The van der Waals surface area contributed by atoms with Gasteiger partial charge in [0, 0.05) is 13.1 Å². The van der Waals surface area contributed by atoms with E-state index in [0.717, 1.165) is 19.4 Å². The molecule has 0 aromatic heterocycles. The second-order valence-electron chi connectivity index (χ2n) is 7.01. The Kier molecular flexibility index (Phi) is 6.63. The summed E-state index contributed by atoms with van der Waals surface area (Å²) in [5, 5.41) is 11.3. The van der Waals surface area contributed by atoms with Gasteiger partial charge in [-0.15, -0.1) is 0 Å². The number of rotatable bonds is 6. The molecule has 1 saturated heterocycles. The first kappa shape index (κ1) is 16.3. The Balaban J connectivity index is 2.40. The molecule has 1 aliphatic rings. The van der Waals surface area contributed by atoms with Crippen molar-refractivity contribution in [3.63, 3.8) is 0 Å². The van der Waals surface area contributed by atoms with Gasteiger partial charge in [-0.05, 0) is 50.1 Å². The molecule has 4 heteroatoms. The fourth-order valence-electron chi connectivity index (χ4n) is 2.63. The standard InChI is InChI=1S/C15H30N2O2/c1-15(2,3)8-7-13(11-16-14(18)19)12-17-9-5-4-6-10-17/h13,16H,4-12H2,1-3H3,(H,18,19)/t13-/m0/s1. The molecular weight excluding hydrogens is 240 g/mol. The molecule has 0 bridgehead atoms. The number of nitrogens with one attached hydrogen (secondary N) is 1. The van der Waals surface area contributed by atoms with E-state index in [0.29, 0.717) is 17.9 Å². The van der Waals surface area contributed by atoms with Crippen molar-refractivity contribution in [1.82, 2.24) is 10.2 Å². The molecule has 0 aliphatic carbocycles. The molecule has 0 saturated carbocycles.